The van der Waals surface area contributed by atoms with Crippen LogP contribution >= 0.6 is 0 Å². The average Bonchev–Trinajstić information content (AvgIpc) is 2.91. The fraction of sp³-hybridized carbons (Fsp3) is 0.357. The maximum absolute atomic E-state index is 13.6. The van der Waals surface area contributed by atoms with Crippen LogP contribution < -0.4 is 9.46 Å². The van der Waals surface area contributed by atoms with Crippen LogP contribution in [0.3, 0.4) is 0 Å². The van der Waals surface area contributed by atoms with Gasteiger partial charge in [0.25, 0.3) is 0 Å². The fourth-order valence-electron chi connectivity index (χ4n) is 4.74. The van der Waals surface area contributed by atoms with E-state index in [1.807, 2.05) is 37.3 Å². The van der Waals surface area contributed by atoms with Crippen molar-refractivity contribution in [3.05, 3.63) is 83.8 Å². The first kappa shape index (κ1) is 27.5. The zero-order chi connectivity index (χ0) is 27.3. The van der Waals surface area contributed by atoms with Crippen molar-refractivity contribution in [2.45, 2.75) is 37.8 Å². The molecule has 1 aliphatic heterocycles. The van der Waals surface area contributed by atoms with E-state index >= 15 is 0 Å². The summed E-state index contributed by atoms with van der Waals surface area (Å²) < 4.78 is 50.2. The van der Waals surface area contributed by atoms with Crippen molar-refractivity contribution in [2.75, 3.05) is 26.5 Å². The summed E-state index contributed by atoms with van der Waals surface area (Å²) >= 11 is 0. The van der Waals surface area contributed by atoms with E-state index in [2.05, 4.69) is 9.71 Å². The highest BCUT2D eigenvalue weighted by Gasteiger charge is 2.43. The van der Waals surface area contributed by atoms with Gasteiger partial charge in [-0.15, -0.1) is 0 Å². The van der Waals surface area contributed by atoms with Crippen molar-refractivity contribution in [2.24, 2.45) is 0 Å². The highest BCUT2D eigenvalue weighted by molar-refractivity contribution is 7.88. The Morgan fingerprint density at radius 3 is 2.37 bits per heavy atom. The highest BCUT2D eigenvalue weighted by Crippen LogP contribution is 2.40. The van der Waals surface area contributed by atoms with Crippen molar-refractivity contribution in [1.82, 2.24) is 14.6 Å². The topological polar surface area (TPSA) is 97.8 Å². The molecule has 1 aromatic heterocycles. The number of carbonyl (C=O) groups is 1. The smallest absolute Gasteiger partial charge is 0.411 e. The molecule has 1 saturated heterocycles. The monoisotopic (exact) mass is 541 g/mol. The molecule has 0 unspecified atom stereocenters. The highest BCUT2D eigenvalue weighted by atomic mass is 32.2. The predicted octanol–water partition coefficient (Wildman–Crippen LogP) is 5.02. The number of benzene rings is 2. The van der Waals surface area contributed by atoms with E-state index in [1.165, 1.54) is 12.1 Å². The maximum Gasteiger partial charge on any atom is 0.411 e. The number of cyclic esters (lactones) is 1. The molecule has 202 valence electrons. The molecule has 8 nitrogen and oxygen atoms in total. The Morgan fingerprint density at radius 1 is 1.11 bits per heavy atom. The van der Waals surface area contributed by atoms with Gasteiger partial charge in [-0.3, -0.25) is 0 Å². The van der Waals surface area contributed by atoms with Gasteiger partial charge in [0.05, 0.1) is 19.4 Å². The number of methoxy groups -OCH3 is 1. The van der Waals surface area contributed by atoms with E-state index in [1.54, 1.807) is 36.4 Å². The summed E-state index contributed by atoms with van der Waals surface area (Å²) in [5.41, 5.74) is 2.63. The third-order valence-electron chi connectivity index (χ3n) is 6.91. The summed E-state index contributed by atoms with van der Waals surface area (Å²) in [4.78, 5) is 19.2. The van der Waals surface area contributed by atoms with Crippen LogP contribution in [0.5, 0.6) is 5.88 Å². The zero-order valence-electron chi connectivity index (χ0n) is 21.7. The fourth-order valence-corrected chi connectivity index (χ4v) is 5.25. The maximum atomic E-state index is 13.6. The summed E-state index contributed by atoms with van der Waals surface area (Å²) in [6.07, 6.45) is 3.73. The molecule has 3 aromatic rings. The standard InChI is InChI=1S/C28H32FN3O5S/c1-20(21-5-7-22(8-6-21)23-9-14-26(36-2)30-19-23)32-18-16-28(37-27(32)33,15-4-17-31-38(3,34)35)24-10-12-25(29)13-11-24/h5-14,19-20,31H,4,15-18H2,1-3H3/t20-,28+/m0/s1. The molecule has 1 fully saturated rings. The Kier molecular flexibility index (Phi) is 8.32. The number of aromatic nitrogens is 1. The van der Waals surface area contributed by atoms with Gasteiger partial charge in [0.15, 0.2) is 0 Å². The first-order chi connectivity index (χ1) is 18.1. The van der Waals surface area contributed by atoms with Crippen molar-refractivity contribution in [3.8, 4) is 17.0 Å². The van der Waals surface area contributed by atoms with Gasteiger partial charge in [-0.05, 0) is 54.7 Å². The minimum Gasteiger partial charge on any atom is -0.481 e. The molecule has 1 N–H and O–H groups in total. The Labute approximate surface area is 222 Å². The molecule has 0 radical (unpaired) electrons. The van der Waals surface area contributed by atoms with Gasteiger partial charge in [0, 0.05) is 37.3 Å². The summed E-state index contributed by atoms with van der Waals surface area (Å²) in [6.45, 7) is 2.60. The van der Waals surface area contributed by atoms with Gasteiger partial charge in [0.1, 0.15) is 11.4 Å². The van der Waals surface area contributed by atoms with E-state index in [0.717, 1.165) is 22.9 Å². The molecule has 10 heteroatoms. The second-order valence-electron chi connectivity index (χ2n) is 9.47. The molecule has 2 aromatic carbocycles. The quantitative estimate of drug-likeness (QED) is 0.362. The Balaban J connectivity index is 1.48. The molecular weight excluding hydrogens is 509 g/mol. The molecular formula is C28H32FN3O5S. The van der Waals surface area contributed by atoms with Gasteiger partial charge >= 0.3 is 6.09 Å². The van der Waals surface area contributed by atoms with Crippen LogP contribution in [0, 0.1) is 5.82 Å². The van der Waals surface area contributed by atoms with E-state index in [-0.39, 0.29) is 18.4 Å². The molecule has 4 rings (SSSR count). The summed E-state index contributed by atoms with van der Waals surface area (Å²) in [5.74, 6) is 0.167. The van der Waals surface area contributed by atoms with Crippen molar-refractivity contribution < 1.29 is 27.1 Å². The SMILES string of the molecule is COc1ccc(-c2ccc([C@H](C)N3CC[C@](CCCNS(C)(=O)=O)(c4ccc(F)cc4)OC3=O)cc2)cn1. The number of carbonyl (C=O) groups excluding carboxylic acids is 1. The van der Waals surface area contributed by atoms with E-state index in [0.29, 0.717) is 37.3 Å². The molecule has 1 aliphatic rings. The molecule has 0 bridgehead atoms. The minimum atomic E-state index is -3.33. The lowest BCUT2D eigenvalue weighted by Crippen LogP contribution is -2.49. The summed E-state index contributed by atoms with van der Waals surface area (Å²) in [6, 6.07) is 17.4. The average molecular weight is 542 g/mol. The van der Waals surface area contributed by atoms with E-state index in [9.17, 15) is 17.6 Å². The van der Waals surface area contributed by atoms with Gasteiger partial charge < -0.3 is 14.4 Å². The lowest BCUT2D eigenvalue weighted by atomic mass is 9.84. The number of hydrogen-bond donors (Lipinski definition) is 1. The van der Waals surface area contributed by atoms with Crippen molar-refractivity contribution in [3.63, 3.8) is 0 Å². The molecule has 0 aliphatic carbocycles. The van der Waals surface area contributed by atoms with Crippen LogP contribution in [0.15, 0.2) is 66.9 Å². The molecule has 2 heterocycles. The van der Waals surface area contributed by atoms with Crippen molar-refractivity contribution in [1.29, 1.82) is 0 Å². The first-order valence-corrected chi connectivity index (χ1v) is 14.3. The number of hydrogen-bond acceptors (Lipinski definition) is 6. The number of pyridine rings is 1. The Bertz CT molecular complexity index is 1350. The third kappa shape index (κ3) is 6.49. The second kappa shape index (κ2) is 11.5. The number of amides is 1. The summed E-state index contributed by atoms with van der Waals surface area (Å²) in [5, 5.41) is 0. The van der Waals surface area contributed by atoms with Crippen LogP contribution in [-0.4, -0.2) is 50.9 Å². The second-order valence-corrected chi connectivity index (χ2v) is 11.3. The molecule has 1 amide bonds. The minimum absolute atomic E-state index is 0.218. The largest absolute Gasteiger partial charge is 0.481 e. The summed E-state index contributed by atoms with van der Waals surface area (Å²) in [7, 11) is -1.75. The molecule has 0 saturated carbocycles. The van der Waals surface area contributed by atoms with Crippen LogP contribution in [-0.2, 0) is 20.4 Å². The number of nitrogens with one attached hydrogen (secondary N) is 1. The number of nitrogens with zero attached hydrogens (tertiary/aromatic N) is 2. The zero-order valence-corrected chi connectivity index (χ0v) is 22.5. The van der Waals surface area contributed by atoms with E-state index in [4.69, 9.17) is 9.47 Å². The Morgan fingerprint density at radius 2 is 1.79 bits per heavy atom. The number of halogens is 1. The lowest BCUT2D eigenvalue weighted by molar-refractivity contribution is -0.0662. The number of ether oxygens (including phenoxy) is 2. The number of sulfonamides is 1. The lowest BCUT2D eigenvalue weighted by Gasteiger charge is -2.43. The van der Waals surface area contributed by atoms with Gasteiger partial charge in [-0.1, -0.05) is 36.4 Å². The molecule has 0 spiro atoms. The van der Waals surface area contributed by atoms with Gasteiger partial charge in [0.2, 0.25) is 15.9 Å². The molecule has 2 atom stereocenters. The van der Waals surface area contributed by atoms with Crippen LogP contribution in [0.2, 0.25) is 0 Å². The van der Waals surface area contributed by atoms with Crippen LogP contribution in [0.1, 0.15) is 43.4 Å². The Hall–Kier alpha value is -3.50. The van der Waals surface area contributed by atoms with Crippen molar-refractivity contribution >= 4 is 16.1 Å². The van der Waals surface area contributed by atoms with Gasteiger partial charge in [-0.2, -0.15) is 0 Å². The normalized spacial score (nSPS) is 18.6. The van der Waals surface area contributed by atoms with Gasteiger partial charge in [-0.25, -0.2) is 27.3 Å². The number of rotatable bonds is 10. The van der Waals surface area contributed by atoms with E-state index < -0.39 is 21.7 Å². The first-order valence-electron chi connectivity index (χ1n) is 12.4. The van der Waals surface area contributed by atoms with Crippen LogP contribution in [0.4, 0.5) is 9.18 Å². The third-order valence-corrected chi connectivity index (χ3v) is 7.63. The molecule has 38 heavy (non-hydrogen) atoms. The van der Waals surface area contributed by atoms with Crippen LogP contribution in [0.25, 0.3) is 11.1 Å². The predicted molar refractivity (Wildman–Crippen MR) is 143 cm³/mol.